The monoisotopic (exact) mass is 444 g/mol. The van der Waals surface area contributed by atoms with E-state index in [2.05, 4.69) is 34.6 Å². The van der Waals surface area contributed by atoms with E-state index >= 15 is 0 Å². The van der Waals surface area contributed by atoms with Gasteiger partial charge in [0.25, 0.3) is 0 Å². The molecule has 1 heterocycles. The highest BCUT2D eigenvalue weighted by Crippen LogP contribution is 2.30. The molecule has 3 aromatic carbocycles. The number of anilines is 1. The number of nitrogens with zero attached hydrogens (tertiary/aromatic N) is 3. The van der Waals surface area contributed by atoms with Gasteiger partial charge >= 0.3 is 0 Å². The van der Waals surface area contributed by atoms with Crippen LogP contribution in [-0.2, 0) is 11.3 Å². The summed E-state index contributed by atoms with van der Waals surface area (Å²) in [5, 5.41) is 12.3. The Hall–Kier alpha value is -3.58. The van der Waals surface area contributed by atoms with Gasteiger partial charge in [0, 0.05) is 12.1 Å². The Morgan fingerprint density at radius 1 is 1.00 bits per heavy atom. The number of para-hydroxylation sites is 3. The van der Waals surface area contributed by atoms with Crippen LogP contribution in [0.5, 0.6) is 11.5 Å². The van der Waals surface area contributed by atoms with Gasteiger partial charge in [0.05, 0.1) is 11.4 Å². The number of rotatable bonds is 8. The summed E-state index contributed by atoms with van der Waals surface area (Å²) >= 11 is 1.37. The summed E-state index contributed by atoms with van der Waals surface area (Å²) in [5.41, 5.74) is 2.81. The number of nitrogens with one attached hydrogen (secondary N) is 1. The normalized spacial score (nSPS) is 10.7. The second-order valence-corrected chi connectivity index (χ2v) is 8.11. The van der Waals surface area contributed by atoms with E-state index < -0.39 is 0 Å². The van der Waals surface area contributed by atoms with Crippen molar-refractivity contribution >= 4 is 23.4 Å². The molecule has 0 aliphatic carbocycles. The quantitative estimate of drug-likeness (QED) is 0.348. The van der Waals surface area contributed by atoms with Crippen molar-refractivity contribution in [2.45, 2.75) is 25.5 Å². The molecule has 0 aliphatic rings. The molecule has 0 spiro atoms. The van der Waals surface area contributed by atoms with Crippen molar-refractivity contribution in [3.8, 4) is 22.9 Å². The molecule has 0 bridgehead atoms. The van der Waals surface area contributed by atoms with Gasteiger partial charge in [-0.15, -0.1) is 10.2 Å². The van der Waals surface area contributed by atoms with Crippen molar-refractivity contribution in [3.05, 3.63) is 84.4 Å². The van der Waals surface area contributed by atoms with Gasteiger partial charge in [-0.3, -0.25) is 4.79 Å². The third-order valence-corrected chi connectivity index (χ3v) is 5.74. The lowest BCUT2D eigenvalue weighted by atomic mass is 10.1. The zero-order chi connectivity index (χ0) is 22.3. The van der Waals surface area contributed by atoms with E-state index in [0.717, 1.165) is 17.0 Å². The number of aromatic nitrogens is 3. The zero-order valence-electron chi connectivity index (χ0n) is 18.0. The van der Waals surface area contributed by atoms with Crippen LogP contribution in [0.4, 0.5) is 5.69 Å². The Morgan fingerprint density at radius 2 is 1.78 bits per heavy atom. The highest BCUT2D eigenvalue weighted by molar-refractivity contribution is 7.99. The van der Waals surface area contributed by atoms with Crippen molar-refractivity contribution in [1.82, 2.24) is 14.8 Å². The SMILES string of the molecule is CCn1c(SCC(=O)Nc2ccccc2Oc2ccccc2)nnc1-c1cccc(C)c1. The van der Waals surface area contributed by atoms with Gasteiger partial charge in [0.1, 0.15) is 5.75 Å². The van der Waals surface area contributed by atoms with E-state index in [1.54, 1.807) is 0 Å². The fourth-order valence-electron chi connectivity index (χ4n) is 3.27. The van der Waals surface area contributed by atoms with Gasteiger partial charge < -0.3 is 14.6 Å². The molecule has 1 N–H and O–H groups in total. The molecule has 1 aromatic heterocycles. The fraction of sp³-hybridized carbons (Fsp3) is 0.160. The molecule has 162 valence electrons. The molecule has 6 nitrogen and oxygen atoms in total. The molecule has 0 aliphatic heterocycles. The van der Waals surface area contributed by atoms with E-state index in [0.29, 0.717) is 28.9 Å². The Balaban J connectivity index is 1.43. The van der Waals surface area contributed by atoms with Crippen LogP contribution in [0.1, 0.15) is 12.5 Å². The van der Waals surface area contributed by atoms with Gasteiger partial charge in [-0.25, -0.2) is 0 Å². The number of amides is 1. The van der Waals surface area contributed by atoms with Crippen LogP contribution in [0.15, 0.2) is 84.0 Å². The van der Waals surface area contributed by atoms with Gasteiger partial charge in [0.2, 0.25) is 5.91 Å². The number of thioether (sulfide) groups is 1. The van der Waals surface area contributed by atoms with Crippen LogP contribution < -0.4 is 10.1 Å². The number of carbonyl (C=O) groups is 1. The van der Waals surface area contributed by atoms with Crippen LogP contribution in [-0.4, -0.2) is 26.4 Å². The van der Waals surface area contributed by atoms with E-state index in [1.165, 1.54) is 11.8 Å². The number of aryl methyl sites for hydroxylation is 1. The molecule has 4 aromatic rings. The van der Waals surface area contributed by atoms with Gasteiger partial charge in [-0.2, -0.15) is 0 Å². The van der Waals surface area contributed by atoms with Crippen molar-refractivity contribution in [2.75, 3.05) is 11.1 Å². The minimum atomic E-state index is -0.137. The van der Waals surface area contributed by atoms with Crippen LogP contribution in [0.3, 0.4) is 0 Å². The van der Waals surface area contributed by atoms with E-state index in [9.17, 15) is 4.79 Å². The molecule has 0 radical (unpaired) electrons. The Morgan fingerprint density at radius 3 is 2.56 bits per heavy atom. The van der Waals surface area contributed by atoms with Gasteiger partial charge in [-0.1, -0.05) is 65.9 Å². The third kappa shape index (κ3) is 5.18. The molecule has 0 fully saturated rings. The summed E-state index contributed by atoms with van der Waals surface area (Å²) in [6, 6.07) is 25.0. The Kier molecular flexibility index (Phi) is 6.87. The molecular weight excluding hydrogens is 420 g/mol. The predicted molar refractivity (Wildman–Crippen MR) is 128 cm³/mol. The summed E-state index contributed by atoms with van der Waals surface area (Å²) in [5.74, 6) is 2.19. The van der Waals surface area contributed by atoms with Crippen LogP contribution in [0, 0.1) is 6.92 Å². The average molecular weight is 445 g/mol. The first-order valence-electron chi connectivity index (χ1n) is 10.4. The average Bonchev–Trinajstić information content (AvgIpc) is 3.23. The lowest BCUT2D eigenvalue weighted by Gasteiger charge is -2.12. The number of hydrogen-bond acceptors (Lipinski definition) is 5. The summed E-state index contributed by atoms with van der Waals surface area (Å²) in [6.45, 7) is 4.81. The highest BCUT2D eigenvalue weighted by atomic mass is 32.2. The summed E-state index contributed by atoms with van der Waals surface area (Å²) in [4.78, 5) is 12.7. The van der Waals surface area contributed by atoms with Crippen molar-refractivity contribution in [2.24, 2.45) is 0 Å². The summed E-state index contributed by atoms with van der Waals surface area (Å²) in [6.07, 6.45) is 0. The van der Waals surface area contributed by atoms with E-state index in [1.807, 2.05) is 78.2 Å². The molecular formula is C25H24N4O2S. The number of ether oxygens (including phenoxy) is 1. The molecule has 7 heteroatoms. The van der Waals surface area contributed by atoms with Gasteiger partial charge in [0.15, 0.2) is 16.7 Å². The van der Waals surface area contributed by atoms with E-state index in [4.69, 9.17) is 4.74 Å². The van der Waals surface area contributed by atoms with Crippen molar-refractivity contribution in [1.29, 1.82) is 0 Å². The molecule has 32 heavy (non-hydrogen) atoms. The summed E-state index contributed by atoms with van der Waals surface area (Å²) in [7, 11) is 0. The first-order chi connectivity index (χ1) is 15.6. The maximum Gasteiger partial charge on any atom is 0.234 e. The minimum Gasteiger partial charge on any atom is -0.455 e. The minimum absolute atomic E-state index is 0.137. The van der Waals surface area contributed by atoms with E-state index in [-0.39, 0.29) is 11.7 Å². The molecule has 0 unspecified atom stereocenters. The maximum atomic E-state index is 12.7. The first kappa shape index (κ1) is 21.6. The highest BCUT2D eigenvalue weighted by Gasteiger charge is 2.15. The largest absolute Gasteiger partial charge is 0.455 e. The molecule has 1 amide bonds. The molecule has 0 saturated heterocycles. The van der Waals surface area contributed by atoms with Crippen LogP contribution >= 0.6 is 11.8 Å². The standard InChI is InChI=1S/C25H24N4O2S/c1-3-29-24(19-11-9-10-18(2)16-19)27-28-25(29)32-17-23(30)26-21-14-7-8-15-22(21)31-20-12-5-4-6-13-20/h4-16H,3,17H2,1-2H3,(H,26,30). The topological polar surface area (TPSA) is 69.0 Å². The zero-order valence-corrected chi connectivity index (χ0v) is 18.8. The second kappa shape index (κ2) is 10.2. The summed E-state index contributed by atoms with van der Waals surface area (Å²) < 4.78 is 7.95. The maximum absolute atomic E-state index is 12.7. The number of benzene rings is 3. The van der Waals surface area contributed by atoms with Crippen molar-refractivity contribution in [3.63, 3.8) is 0 Å². The van der Waals surface area contributed by atoms with Gasteiger partial charge in [-0.05, 0) is 44.2 Å². The predicted octanol–water partition coefficient (Wildman–Crippen LogP) is 5.80. The smallest absolute Gasteiger partial charge is 0.234 e. The number of hydrogen-bond donors (Lipinski definition) is 1. The molecule has 0 saturated carbocycles. The Bertz CT molecular complexity index is 1210. The lowest BCUT2D eigenvalue weighted by Crippen LogP contribution is -2.15. The lowest BCUT2D eigenvalue weighted by molar-refractivity contribution is -0.113. The number of carbonyl (C=O) groups excluding carboxylic acids is 1. The fourth-order valence-corrected chi connectivity index (χ4v) is 4.07. The first-order valence-corrected chi connectivity index (χ1v) is 11.4. The van der Waals surface area contributed by atoms with Crippen molar-refractivity contribution < 1.29 is 9.53 Å². The Labute approximate surface area is 191 Å². The van der Waals surface area contributed by atoms with Crippen LogP contribution in [0.25, 0.3) is 11.4 Å². The van der Waals surface area contributed by atoms with Crippen LogP contribution in [0.2, 0.25) is 0 Å². The molecule has 0 atom stereocenters. The third-order valence-electron chi connectivity index (χ3n) is 4.77. The molecule has 4 rings (SSSR count). The second-order valence-electron chi connectivity index (χ2n) is 7.17.